The molecule has 0 unspecified atom stereocenters. The van der Waals surface area contributed by atoms with Crippen molar-refractivity contribution in [3.05, 3.63) is 35.9 Å². The fourth-order valence-corrected chi connectivity index (χ4v) is 1.67. The van der Waals surface area contributed by atoms with Crippen molar-refractivity contribution in [3.63, 3.8) is 0 Å². The average molecular weight is 261 g/mol. The lowest BCUT2D eigenvalue weighted by atomic mass is 10.3. The van der Waals surface area contributed by atoms with E-state index in [2.05, 4.69) is 4.98 Å². The van der Waals surface area contributed by atoms with Crippen molar-refractivity contribution < 1.29 is 18.7 Å². The molecule has 2 rings (SSSR count). The number of ether oxygens (including phenoxy) is 2. The molecule has 0 aliphatic rings. The molecule has 0 saturated carbocycles. The molecule has 0 aliphatic carbocycles. The normalized spacial score (nSPS) is 11.6. The second kappa shape index (κ2) is 5.56. The number of hydrogen-bond donors (Lipinski definition) is 0. The minimum atomic E-state index is -0.427. The van der Waals surface area contributed by atoms with Crippen LogP contribution in [0.1, 0.15) is 19.7 Å². The minimum Gasteiger partial charge on any atom is -0.463 e. The SMILES string of the molecule is CCOC(=O)C=C(C)Oc1cccc2oc(C)nc12. The molecule has 100 valence electrons. The maximum absolute atomic E-state index is 11.3. The van der Waals surface area contributed by atoms with E-state index in [0.717, 1.165) is 0 Å². The van der Waals surface area contributed by atoms with E-state index in [9.17, 15) is 4.79 Å². The molecule has 5 heteroatoms. The summed E-state index contributed by atoms with van der Waals surface area (Å²) >= 11 is 0. The summed E-state index contributed by atoms with van der Waals surface area (Å²) in [5.41, 5.74) is 1.29. The Kier molecular flexibility index (Phi) is 3.85. The second-order valence-electron chi connectivity index (χ2n) is 3.94. The van der Waals surface area contributed by atoms with Crippen LogP contribution in [0, 0.1) is 6.92 Å². The fourth-order valence-electron chi connectivity index (χ4n) is 1.67. The van der Waals surface area contributed by atoms with Crippen LogP contribution in [0.5, 0.6) is 5.75 Å². The van der Waals surface area contributed by atoms with Gasteiger partial charge in [0.05, 0.1) is 12.7 Å². The first-order chi connectivity index (χ1) is 9.10. The summed E-state index contributed by atoms with van der Waals surface area (Å²) in [5, 5.41) is 0. The number of esters is 1. The molecule has 0 radical (unpaired) electrons. The van der Waals surface area contributed by atoms with Gasteiger partial charge in [-0.15, -0.1) is 0 Å². The van der Waals surface area contributed by atoms with Crippen molar-refractivity contribution in [2.24, 2.45) is 0 Å². The van der Waals surface area contributed by atoms with E-state index in [0.29, 0.717) is 35.1 Å². The van der Waals surface area contributed by atoms with E-state index in [1.165, 1.54) is 6.08 Å². The lowest BCUT2D eigenvalue weighted by Gasteiger charge is -2.05. The van der Waals surface area contributed by atoms with Crippen LogP contribution in [0.15, 0.2) is 34.5 Å². The van der Waals surface area contributed by atoms with Crippen LogP contribution >= 0.6 is 0 Å². The summed E-state index contributed by atoms with van der Waals surface area (Å²) in [6.07, 6.45) is 1.30. The third-order valence-electron chi connectivity index (χ3n) is 2.37. The fraction of sp³-hybridized carbons (Fsp3) is 0.286. The number of para-hydroxylation sites is 1. The molecule has 0 aliphatic heterocycles. The summed E-state index contributed by atoms with van der Waals surface area (Å²) in [7, 11) is 0. The van der Waals surface area contributed by atoms with Gasteiger partial charge in [0.2, 0.25) is 0 Å². The molecular formula is C14H15NO4. The summed E-state index contributed by atoms with van der Waals surface area (Å²) in [5.74, 6) is 1.13. The van der Waals surface area contributed by atoms with E-state index in [-0.39, 0.29) is 0 Å². The third kappa shape index (κ3) is 3.13. The van der Waals surface area contributed by atoms with Gasteiger partial charge in [-0.2, -0.15) is 0 Å². The van der Waals surface area contributed by atoms with Gasteiger partial charge in [0, 0.05) is 6.92 Å². The zero-order chi connectivity index (χ0) is 13.8. The van der Waals surface area contributed by atoms with Crippen molar-refractivity contribution in [1.29, 1.82) is 0 Å². The molecule has 1 heterocycles. The molecule has 0 N–H and O–H groups in total. The second-order valence-corrected chi connectivity index (χ2v) is 3.94. The molecule has 0 fully saturated rings. The Bertz CT molecular complexity index is 627. The number of aromatic nitrogens is 1. The highest BCUT2D eigenvalue weighted by Gasteiger charge is 2.09. The van der Waals surface area contributed by atoms with Gasteiger partial charge in [-0.05, 0) is 26.0 Å². The van der Waals surface area contributed by atoms with Gasteiger partial charge >= 0.3 is 5.97 Å². The van der Waals surface area contributed by atoms with Gasteiger partial charge in [0.15, 0.2) is 22.7 Å². The van der Waals surface area contributed by atoms with Crippen LogP contribution in [-0.4, -0.2) is 17.6 Å². The first-order valence-electron chi connectivity index (χ1n) is 5.99. The van der Waals surface area contributed by atoms with Crippen LogP contribution < -0.4 is 4.74 Å². The number of aryl methyl sites for hydroxylation is 1. The number of nitrogens with zero attached hydrogens (tertiary/aromatic N) is 1. The number of fused-ring (bicyclic) bond motifs is 1. The number of oxazole rings is 1. The predicted molar refractivity (Wildman–Crippen MR) is 69.8 cm³/mol. The van der Waals surface area contributed by atoms with Crippen LogP contribution in [-0.2, 0) is 9.53 Å². The lowest BCUT2D eigenvalue weighted by Crippen LogP contribution is -2.02. The largest absolute Gasteiger partial charge is 0.463 e. The Labute approximate surface area is 110 Å². The van der Waals surface area contributed by atoms with Gasteiger partial charge in [-0.3, -0.25) is 0 Å². The first-order valence-corrected chi connectivity index (χ1v) is 5.99. The third-order valence-corrected chi connectivity index (χ3v) is 2.37. The number of hydrogen-bond acceptors (Lipinski definition) is 5. The van der Waals surface area contributed by atoms with Gasteiger partial charge in [0.25, 0.3) is 0 Å². The molecule has 5 nitrogen and oxygen atoms in total. The van der Waals surface area contributed by atoms with E-state index < -0.39 is 5.97 Å². The maximum Gasteiger partial charge on any atom is 0.334 e. The minimum absolute atomic E-state index is 0.334. The van der Waals surface area contributed by atoms with Crippen LogP contribution in [0.4, 0.5) is 0 Å². The summed E-state index contributed by atoms with van der Waals surface area (Å²) in [4.78, 5) is 15.5. The van der Waals surface area contributed by atoms with E-state index in [1.54, 1.807) is 32.9 Å². The number of carbonyl (C=O) groups is 1. The molecule has 1 aromatic carbocycles. The smallest absolute Gasteiger partial charge is 0.334 e. The topological polar surface area (TPSA) is 61.6 Å². The predicted octanol–water partition coefficient (Wildman–Crippen LogP) is 2.98. The number of carbonyl (C=O) groups excluding carboxylic acids is 1. The Hall–Kier alpha value is -2.30. The standard InChI is InChI=1S/C14H15NO4/c1-4-17-13(16)8-9(2)18-11-6-5-7-12-14(11)15-10(3)19-12/h5-8H,4H2,1-3H3. The summed E-state index contributed by atoms with van der Waals surface area (Å²) in [6.45, 7) is 5.54. The van der Waals surface area contributed by atoms with E-state index in [4.69, 9.17) is 13.9 Å². The highest BCUT2D eigenvalue weighted by molar-refractivity contribution is 5.83. The van der Waals surface area contributed by atoms with Crippen LogP contribution in [0.25, 0.3) is 11.1 Å². The van der Waals surface area contributed by atoms with Crippen molar-refractivity contribution in [3.8, 4) is 5.75 Å². The Morgan fingerprint density at radius 1 is 1.47 bits per heavy atom. The molecular weight excluding hydrogens is 246 g/mol. The molecule has 0 saturated heterocycles. The molecule has 0 spiro atoms. The van der Waals surface area contributed by atoms with Crippen molar-refractivity contribution >= 4 is 17.1 Å². The number of allylic oxidation sites excluding steroid dienone is 1. The van der Waals surface area contributed by atoms with Crippen molar-refractivity contribution in [2.75, 3.05) is 6.61 Å². The zero-order valence-electron chi connectivity index (χ0n) is 11.1. The molecule has 0 amide bonds. The lowest BCUT2D eigenvalue weighted by molar-refractivity contribution is -0.137. The zero-order valence-corrected chi connectivity index (χ0v) is 11.1. The number of rotatable bonds is 4. The molecule has 0 bridgehead atoms. The van der Waals surface area contributed by atoms with E-state index >= 15 is 0 Å². The first kappa shape index (κ1) is 13.1. The number of benzene rings is 1. The molecule has 0 atom stereocenters. The highest BCUT2D eigenvalue weighted by atomic mass is 16.5. The average Bonchev–Trinajstić information content (AvgIpc) is 2.70. The monoisotopic (exact) mass is 261 g/mol. The van der Waals surface area contributed by atoms with Crippen molar-refractivity contribution in [2.45, 2.75) is 20.8 Å². The Balaban J connectivity index is 2.23. The van der Waals surface area contributed by atoms with Crippen molar-refractivity contribution in [1.82, 2.24) is 4.98 Å². The summed E-state index contributed by atoms with van der Waals surface area (Å²) in [6, 6.07) is 5.39. The van der Waals surface area contributed by atoms with Gasteiger partial charge in [0.1, 0.15) is 5.76 Å². The summed E-state index contributed by atoms with van der Waals surface area (Å²) < 4.78 is 15.8. The van der Waals surface area contributed by atoms with Crippen LogP contribution in [0.3, 0.4) is 0 Å². The van der Waals surface area contributed by atoms with Crippen LogP contribution in [0.2, 0.25) is 0 Å². The van der Waals surface area contributed by atoms with Gasteiger partial charge in [-0.25, -0.2) is 9.78 Å². The van der Waals surface area contributed by atoms with E-state index in [1.807, 2.05) is 6.07 Å². The quantitative estimate of drug-likeness (QED) is 0.481. The molecule has 2 aromatic rings. The van der Waals surface area contributed by atoms with Gasteiger partial charge < -0.3 is 13.9 Å². The van der Waals surface area contributed by atoms with Gasteiger partial charge in [-0.1, -0.05) is 6.07 Å². The highest BCUT2D eigenvalue weighted by Crippen LogP contribution is 2.26. The molecule has 1 aromatic heterocycles. The Morgan fingerprint density at radius 2 is 2.26 bits per heavy atom. The molecule has 19 heavy (non-hydrogen) atoms. The Morgan fingerprint density at radius 3 is 3.00 bits per heavy atom. The maximum atomic E-state index is 11.3.